The molecule has 3 nitrogen and oxygen atoms in total. The summed E-state index contributed by atoms with van der Waals surface area (Å²) < 4.78 is 10.1. The second kappa shape index (κ2) is 5.76. The summed E-state index contributed by atoms with van der Waals surface area (Å²) in [6, 6.07) is 8.56. The maximum Gasteiger partial charge on any atom is 0.339 e. The number of hydrogen-bond donors (Lipinski definition) is 0. The average molecular weight is 277 g/mol. The highest BCUT2D eigenvalue weighted by Crippen LogP contribution is 2.18. The van der Waals surface area contributed by atoms with Gasteiger partial charge >= 0.3 is 5.63 Å². The molecule has 0 aliphatic heterocycles. The predicted molar refractivity (Wildman–Crippen MR) is 76.6 cm³/mol. The Morgan fingerprint density at radius 2 is 2.00 bits per heavy atom. The van der Waals surface area contributed by atoms with E-state index in [1.807, 2.05) is 31.2 Å². The first kappa shape index (κ1) is 13.4. The molecule has 2 rings (SSSR count). The number of rotatable bonds is 3. The van der Waals surface area contributed by atoms with Crippen LogP contribution in [0, 0.1) is 6.92 Å². The summed E-state index contributed by atoms with van der Waals surface area (Å²) in [7, 11) is 1.50. The molecule has 0 bridgehead atoms. The monoisotopic (exact) mass is 276 g/mol. The third-order valence-electron chi connectivity index (χ3n) is 2.67. The normalized spacial score (nSPS) is 10.9. The van der Waals surface area contributed by atoms with Crippen LogP contribution in [0.15, 0.2) is 39.5 Å². The van der Waals surface area contributed by atoms with E-state index in [1.165, 1.54) is 13.2 Å². The van der Waals surface area contributed by atoms with Crippen LogP contribution in [0.25, 0.3) is 12.2 Å². The Bertz CT molecular complexity index is 671. The minimum absolute atomic E-state index is 0.434. The van der Waals surface area contributed by atoms with Crippen molar-refractivity contribution in [3.8, 4) is 5.75 Å². The average Bonchev–Trinajstić information content (AvgIpc) is 2.39. The third kappa shape index (κ3) is 3.48. The van der Waals surface area contributed by atoms with Crippen LogP contribution in [0.3, 0.4) is 0 Å². The highest BCUT2D eigenvalue weighted by atomic mass is 35.5. The lowest BCUT2D eigenvalue weighted by Gasteiger charge is -2.01. The zero-order chi connectivity index (χ0) is 13.8. The van der Waals surface area contributed by atoms with Crippen molar-refractivity contribution in [3.63, 3.8) is 0 Å². The summed E-state index contributed by atoms with van der Waals surface area (Å²) >= 11 is 5.94. The minimum Gasteiger partial charge on any atom is -0.496 e. The summed E-state index contributed by atoms with van der Waals surface area (Å²) in [5.41, 5.74) is 1.62. The fourth-order valence-electron chi connectivity index (χ4n) is 1.64. The van der Waals surface area contributed by atoms with Crippen LogP contribution in [0.2, 0.25) is 5.02 Å². The molecule has 0 saturated carbocycles. The largest absolute Gasteiger partial charge is 0.496 e. The van der Waals surface area contributed by atoms with Crippen molar-refractivity contribution >= 4 is 23.8 Å². The highest BCUT2D eigenvalue weighted by molar-refractivity contribution is 6.30. The van der Waals surface area contributed by atoms with Crippen molar-refractivity contribution in [1.82, 2.24) is 0 Å². The van der Waals surface area contributed by atoms with Gasteiger partial charge in [0.05, 0.1) is 13.2 Å². The molecule has 0 aliphatic rings. The number of methoxy groups -OCH3 is 1. The first-order valence-corrected chi connectivity index (χ1v) is 6.10. The zero-order valence-corrected chi connectivity index (χ0v) is 11.4. The van der Waals surface area contributed by atoms with Gasteiger partial charge in [-0.3, -0.25) is 0 Å². The molecule has 1 aromatic heterocycles. The molecular formula is C15H13ClO3. The smallest absolute Gasteiger partial charge is 0.339 e. The Hall–Kier alpha value is -2.00. The first-order chi connectivity index (χ1) is 9.08. The Morgan fingerprint density at radius 1 is 1.21 bits per heavy atom. The lowest BCUT2D eigenvalue weighted by Crippen LogP contribution is -1.98. The summed E-state index contributed by atoms with van der Waals surface area (Å²) in [5.74, 6) is 0.905. The van der Waals surface area contributed by atoms with Crippen LogP contribution in [-0.4, -0.2) is 7.11 Å². The molecule has 1 aromatic carbocycles. The summed E-state index contributed by atoms with van der Waals surface area (Å²) in [4.78, 5) is 11.3. The van der Waals surface area contributed by atoms with E-state index in [0.29, 0.717) is 16.5 Å². The fourth-order valence-corrected chi connectivity index (χ4v) is 1.82. The van der Waals surface area contributed by atoms with E-state index >= 15 is 0 Å². The van der Waals surface area contributed by atoms with Crippen molar-refractivity contribution in [1.29, 1.82) is 0 Å². The Balaban J connectivity index is 2.34. The molecule has 0 saturated heterocycles. The van der Waals surface area contributed by atoms with Gasteiger partial charge in [0.1, 0.15) is 11.5 Å². The third-order valence-corrected chi connectivity index (χ3v) is 2.90. The SMILES string of the molecule is COc1cc(/C=C/c2cc(Cl)ccc2C)oc(=O)c1. The van der Waals surface area contributed by atoms with E-state index in [4.69, 9.17) is 20.8 Å². The Kier molecular flexibility index (Phi) is 4.07. The van der Waals surface area contributed by atoms with Gasteiger partial charge in [-0.1, -0.05) is 23.7 Å². The van der Waals surface area contributed by atoms with Gasteiger partial charge in [-0.25, -0.2) is 4.79 Å². The molecule has 4 heteroatoms. The van der Waals surface area contributed by atoms with Crippen LogP contribution in [-0.2, 0) is 0 Å². The Morgan fingerprint density at radius 3 is 2.74 bits per heavy atom. The maximum absolute atomic E-state index is 11.3. The molecule has 0 amide bonds. The van der Waals surface area contributed by atoms with Crippen LogP contribution in [0.4, 0.5) is 0 Å². The molecule has 0 unspecified atom stereocenters. The van der Waals surface area contributed by atoms with E-state index in [2.05, 4.69) is 0 Å². The first-order valence-electron chi connectivity index (χ1n) is 5.72. The van der Waals surface area contributed by atoms with Gasteiger partial charge in [0, 0.05) is 11.1 Å². The van der Waals surface area contributed by atoms with E-state index < -0.39 is 5.63 Å². The minimum atomic E-state index is -0.443. The Labute approximate surface area is 116 Å². The molecule has 2 aromatic rings. The fraction of sp³-hybridized carbons (Fsp3) is 0.133. The van der Waals surface area contributed by atoms with Crippen molar-refractivity contribution in [2.75, 3.05) is 7.11 Å². The van der Waals surface area contributed by atoms with Crippen LogP contribution in [0.5, 0.6) is 5.75 Å². The molecular weight excluding hydrogens is 264 g/mol. The number of ether oxygens (including phenoxy) is 1. The highest BCUT2D eigenvalue weighted by Gasteiger charge is 2.00. The van der Waals surface area contributed by atoms with Gasteiger partial charge in [0.25, 0.3) is 0 Å². The van der Waals surface area contributed by atoms with Gasteiger partial charge in [-0.05, 0) is 36.3 Å². The molecule has 98 valence electrons. The van der Waals surface area contributed by atoms with Gasteiger partial charge < -0.3 is 9.15 Å². The van der Waals surface area contributed by atoms with Gasteiger partial charge in [0.2, 0.25) is 0 Å². The number of aryl methyl sites for hydroxylation is 1. The topological polar surface area (TPSA) is 39.4 Å². The molecule has 0 aliphatic carbocycles. The van der Waals surface area contributed by atoms with Crippen molar-refractivity contribution < 1.29 is 9.15 Å². The van der Waals surface area contributed by atoms with Gasteiger partial charge in [-0.2, -0.15) is 0 Å². The molecule has 0 fully saturated rings. The summed E-state index contributed by atoms with van der Waals surface area (Å²) in [6.45, 7) is 1.98. The predicted octanol–water partition coefficient (Wildman–Crippen LogP) is 3.78. The summed E-state index contributed by atoms with van der Waals surface area (Å²) in [5, 5.41) is 0.664. The lowest BCUT2D eigenvalue weighted by molar-refractivity contribution is 0.400. The maximum atomic E-state index is 11.3. The molecule has 0 atom stereocenters. The molecule has 19 heavy (non-hydrogen) atoms. The molecule has 0 radical (unpaired) electrons. The van der Waals surface area contributed by atoms with E-state index in [9.17, 15) is 4.79 Å². The van der Waals surface area contributed by atoms with Crippen LogP contribution < -0.4 is 10.4 Å². The quantitative estimate of drug-likeness (QED) is 0.856. The van der Waals surface area contributed by atoms with Gasteiger partial charge in [0.15, 0.2) is 0 Å². The lowest BCUT2D eigenvalue weighted by atomic mass is 10.1. The molecule has 0 spiro atoms. The van der Waals surface area contributed by atoms with E-state index in [-0.39, 0.29) is 0 Å². The van der Waals surface area contributed by atoms with E-state index in [0.717, 1.165) is 11.1 Å². The number of halogens is 1. The van der Waals surface area contributed by atoms with Gasteiger partial charge in [-0.15, -0.1) is 0 Å². The molecule has 0 N–H and O–H groups in total. The zero-order valence-electron chi connectivity index (χ0n) is 10.6. The standard InChI is InChI=1S/C15H13ClO3/c1-10-3-5-12(16)7-11(10)4-6-13-8-14(18-2)9-15(17)19-13/h3-9H,1-2H3/b6-4+. The number of benzene rings is 1. The second-order valence-electron chi connectivity index (χ2n) is 4.05. The molecule has 1 heterocycles. The van der Waals surface area contributed by atoms with Crippen molar-refractivity contribution in [3.05, 3.63) is 62.7 Å². The van der Waals surface area contributed by atoms with Crippen molar-refractivity contribution in [2.24, 2.45) is 0 Å². The summed E-state index contributed by atoms with van der Waals surface area (Å²) in [6.07, 6.45) is 3.56. The van der Waals surface area contributed by atoms with Crippen LogP contribution in [0.1, 0.15) is 16.9 Å². The number of hydrogen-bond acceptors (Lipinski definition) is 3. The van der Waals surface area contributed by atoms with E-state index in [1.54, 1.807) is 12.1 Å². The van der Waals surface area contributed by atoms with Crippen molar-refractivity contribution in [2.45, 2.75) is 6.92 Å². The second-order valence-corrected chi connectivity index (χ2v) is 4.49. The van der Waals surface area contributed by atoms with Crippen LogP contribution >= 0.6 is 11.6 Å².